The van der Waals surface area contributed by atoms with E-state index in [1.807, 2.05) is 17.4 Å². The van der Waals surface area contributed by atoms with Crippen LogP contribution in [0, 0.1) is 0 Å². The fourth-order valence-corrected chi connectivity index (χ4v) is 3.99. The maximum absolute atomic E-state index is 6.02. The highest BCUT2D eigenvalue weighted by atomic mass is 79.9. The highest BCUT2D eigenvalue weighted by Crippen LogP contribution is 2.28. The number of hydrogen-bond donors (Lipinski definition) is 1. The van der Waals surface area contributed by atoms with Crippen molar-refractivity contribution in [3.05, 3.63) is 50.1 Å². The van der Waals surface area contributed by atoms with Crippen LogP contribution in [0.25, 0.3) is 0 Å². The maximum Gasteiger partial charge on any atom is 0.0350 e. The molecule has 4 heteroatoms. The molecule has 3 rings (SSSR count). The fraction of sp³-hybridized carbons (Fsp3) is 0.286. The molecule has 2 nitrogen and oxygen atoms in total. The Morgan fingerprint density at radius 3 is 3.00 bits per heavy atom. The van der Waals surface area contributed by atoms with E-state index in [9.17, 15) is 0 Å². The first-order valence-corrected chi connectivity index (χ1v) is 7.72. The van der Waals surface area contributed by atoms with Crippen molar-refractivity contribution in [2.45, 2.75) is 19.5 Å². The zero-order valence-corrected chi connectivity index (χ0v) is 12.4. The summed E-state index contributed by atoms with van der Waals surface area (Å²) in [6.45, 7) is 3.11. The Hall–Kier alpha value is -0.840. The van der Waals surface area contributed by atoms with Crippen LogP contribution in [-0.2, 0) is 19.5 Å². The van der Waals surface area contributed by atoms with Gasteiger partial charge >= 0.3 is 0 Å². The number of benzene rings is 1. The molecule has 0 amide bonds. The minimum absolute atomic E-state index is 0.949. The lowest BCUT2D eigenvalue weighted by Gasteiger charge is -2.29. The third kappa shape index (κ3) is 2.32. The van der Waals surface area contributed by atoms with Crippen LogP contribution in [0.15, 0.2) is 34.1 Å². The van der Waals surface area contributed by atoms with Crippen LogP contribution in [0.2, 0.25) is 0 Å². The van der Waals surface area contributed by atoms with Crippen LogP contribution in [0.1, 0.15) is 16.0 Å². The molecule has 1 aromatic heterocycles. The quantitative estimate of drug-likeness (QED) is 0.855. The number of halogens is 1. The first-order chi connectivity index (χ1) is 8.74. The molecular formula is C14H15BrN2S. The van der Waals surface area contributed by atoms with Crippen molar-refractivity contribution in [3.8, 4) is 0 Å². The van der Waals surface area contributed by atoms with Gasteiger partial charge in [-0.1, -0.05) is 12.1 Å². The number of nitrogens with zero attached hydrogens (tertiary/aromatic N) is 1. The van der Waals surface area contributed by atoms with Crippen molar-refractivity contribution in [3.63, 3.8) is 0 Å². The highest BCUT2D eigenvalue weighted by Gasteiger charge is 2.18. The molecule has 0 unspecified atom stereocenters. The SMILES string of the molecule is Nc1cccc2c1CCN(Cc1sccc1Br)C2. The van der Waals surface area contributed by atoms with Crippen molar-refractivity contribution in [2.24, 2.45) is 0 Å². The van der Waals surface area contributed by atoms with Crippen molar-refractivity contribution >= 4 is 33.0 Å². The van der Waals surface area contributed by atoms with Gasteiger partial charge in [0.15, 0.2) is 0 Å². The van der Waals surface area contributed by atoms with Crippen molar-refractivity contribution < 1.29 is 0 Å². The van der Waals surface area contributed by atoms with Gasteiger partial charge in [-0.05, 0) is 51.0 Å². The highest BCUT2D eigenvalue weighted by molar-refractivity contribution is 9.10. The molecule has 1 aliphatic rings. The Bertz CT molecular complexity index is 565. The Morgan fingerprint density at radius 1 is 1.33 bits per heavy atom. The van der Waals surface area contributed by atoms with Crippen LogP contribution in [0.5, 0.6) is 0 Å². The van der Waals surface area contributed by atoms with E-state index in [-0.39, 0.29) is 0 Å². The number of fused-ring (bicyclic) bond motifs is 1. The van der Waals surface area contributed by atoms with E-state index >= 15 is 0 Å². The predicted molar refractivity (Wildman–Crippen MR) is 80.7 cm³/mol. The number of nitrogens with two attached hydrogens (primary N) is 1. The molecule has 1 aliphatic heterocycles. The standard InChI is InChI=1S/C14H15BrN2S/c15-12-5-7-18-14(12)9-17-6-4-11-10(8-17)2-1-3-13(11)16/h1-3,5,7H,4,6,8-9,16H2. The summed E-state index contributed by atoms with van der Waals surface area (Å²) in [7, 11) is 0. The van der Waals surface area contributed by atoms with Gasteiger partial charge in [0.2, 0.25) is 0 Å². The average Bonchev–Trinajstić information content (AvgIpc) is 2.75. The number of anilines is 1. The van der Waals surface area contributed by atoms with Gasteiger partial charge in [0.05, 0.1) is 0 Å². The number of nitrogen functional groups attached to an aromatic ring is 1. The van der Waals surface area contributed by atoms with Gasteiger partial charge in [0.25, 0.3) is 0 Å². The van der Waals surface area contributed by atoms with Gasteiger partial charge in [-0.2, -0.15) is 0 Å². The van der Waals surface area contributed by atoms with Gasteiger partial charge in [0.1, 0.15) is 0 Å². The molecule has 0 saturated heterocycles. The van der Waals surface area contributed by atoms with Crippen LogP contribution < -0.4 is 5.73 Å². The van der Waals surface area contributed by atoms with Crippen molar-refractivity contribution in [1.29, 1.82) is 0 Å². The molecule has 0 radical (unpaired) electrons. The van der Waals surface area contributed by atoms with Crippen LogP contribution in [0.3, 0.4) is 0 Å². The number of thiophene rings is 1. The van der Waals surface area contributed by atoms with Crippen molar-refractivity contribution in [1.82, 2.24) is 4.90 Å². The molecule has 2 heterocycles. The maximum atomic E-state index is 6.02. The zero-order valence-electron chi connectivity index (χ0n) is 10.0. The molecule has 0 atom stereocenters. The van der Waals surface area contributed by atoms with E-state index in [4.69, 9.17) is 5.73 Å². The predicted octanol–water partition coefficient (Wildman–Crippen LogP) is 3.65. The first-order valence-electron chi connectivity index (χ1n) is 6.04. The summed E-state index contributed by atoms with van der Waals surface area (Å²) in [6.07, 6.45) is 1.06. The van der Waals surface area contributed by atoms with Crippen LogP contribution in [-0.4, -0.2) is 11.4 Å². The first kappa shape index (κ1) is 12.2. The number of hydrogen-bond acceptors (Lipinski definition) is 3. The van der Waals surface area contributed by atoms with E-state index < -0.39 is 0 Å². The normalized spacial score (nSPS) is 15.6. The van der Waals surface area contributed by atoms with Gasteiger partial charge < -0.3 is 5.73 Å². The molecule has 2 aromatic rings. The van der Waals surface area contributed by atoms with E-state index in [0.29, 0.717) is 0 Å². The monoisotopic (exact) mass is 322 g/mol. The molecule has 1 aromatic carbocycles. The molecule has 94 valence electrons. The Balaban J connectivity index is 1.77. The van der Waals surface area contributed by atoms with Crippen LogP contribution in [0.4, 0.5) is 5.69 Å². The molecule has 0 saturated carbocycles. The molecule has 2 N–H and O–H groups in total. The minimum Gasteiger partial charge on any atom is -0.398 e. The molecule has 18 heavy (non-hydrogen) atoms. The fourth-order valence-electron chi connectivity index (χ4n) is 2.47. The second-order valence-electron chi connectivity index (χ2n) is 4.64. The summed E-state index contributed by atoms with van der Waals surface area (Å²) < 4.78 is 1.23. The van der Waals surface area contributed by atoms with Gasteiger partial charge in [-0.25, -0.2) is 0 Å². The van der Waals surface area contributed by atoms with Crippen molar-refractivity contribution in [2.75, 3.05) is 12.3 Å². The third-order valence-electron chi connectivity index (χ3n) is 3.44. The van der Waals surface area contributed by atoms with Crippen LogP contribution >= 0.6 is 27.3 Å². The summed E-state index contributed by atoms with van der Waals surface area (Å²) in [5, 5.41) is 2.13. The zero-order chi connectivity index (χ0) is 12.5. The van der Waals surface area contributed by atoms with Gasteiger partial charge in [-0.3, -0.25) is 4.90 Å². The van der Waals surface area contributed by atoms with E-state index in [1.54, 1.807) is 0 Å². The number of rotatable bonds is 2. The molecule has 0 fully saturated rings. The summed E-state index contributed by atoms with van der Waals surface area (Å²) >= 11 is 5.41. The molecule has 0 spiro atoms. The molecule has 0 bridgehead atoms. The van der Waals surface area contributed by atoms with Gasteiger partial charge in [-0.15, -0.1) is 11.3 Å². The summed E-state index contributed by atoms with van der Waals surface area (Å²) in [4.78, 5) is 3.89. The molecular weight excluding hydrogens is 308 g/mol. The summed E-state index contributed by atoms with van der Waals surface area (Å²) in [6, 6.07) is 8.38. The smallest absolute Gasteiger partial charge is 0.0350 e. The second-order valence-corrected chi connectivity index (χ2v) is 6.49. The second kappa shape index (κ2) is 5.03. The lowest BCUT2D eigenvalue weighted by atomic mass is 9.98. The Labute approximate surface area is 120 Å². The lowest BCUT2D eigenvalue weighted by Crippen LogP contribution is -2.30. The largest absolute Gasteiger partial charge is 0.398 e. The Morgan fingerprint density at radius 2 is 2.22 bits per heavy atom. The van der Waals surface area contributed by atoms with E-state index in [0.717, 1.165) is 31.7 Å². The topological polar surface area (TPSA) is 29.3 Å². The third-order valence-corrected chi connectivity index (χ3v) is 5.35. The van der Waals surface area contributed by atoms with Gasteiger partial charge in [0, 0.05) is 34.7 Å². The van der Waals surface area contributed by atoms with E-state index in [2.05, 4.69) is 44.4 Å². The molecule has 0 aliphatic carbocycles. The summed E-state index contributed by atoms with van der Waals surface area (Å²) in [5.41, 5.74) is 9.70. The Kier molecular flexibility index (Phi) is 3.41. The summed E-state index contributed by atoms with van der Waals surface area (Å²) in [5.74, 6) is 0. The van der Waals surface area contributed by atoms with E-state index in [1.165, 1.54) is 20.5 Å². The lowest BCUT2D eigenvalue weighted by molar-refractivity contribution is 0.247. The minimum atomic E-state index is 0.949. The average molecular weight is 323 g/mol.